The van der Waals surface area contributed by atoms with Crippen LogP contribution in [0.4, 0.5) is 0 Å². The zero-order chi connectivity index (χ0) is 23.3. The van der Waals surface area contributed by atoms with Crippen LogP contribution in [0.1, 0.15) is 60.8 Å². The molecule has 4 aliphatic rings. The van der Waals surface area contributed by atoms with Crippen LogP contribution in [-0.4, -0.2) is 30.0 Å². The lowest BCUT2D eigenvalue weighted by Crippen LogP contribution is -2.52. The minimum atomic E-state index is -0.975. The van der Waals surface area contributed by atoms with Gasteiger partial charge < -0.3 is 10.5 Å². The Morgan fingerprint density at radius 1 is 1.12 bits per heavy atom. The maximum atomic E-state index is 14.4. The summed E-state index contributed by atoms with van der Waals surface area (Å²) in [6, 6.07) is 16.4. The third kappa shape index (κ3) is 3.27. The molecule has 1 aliphatic heterocycles. The molecule has 0 radical (unpaired) electrons. The van der Waals surface area contributed by atoms with Gasteiger partial charge in [-0.2, -0.15) is 0 Å². The highest BCUT2D eigenvalue weighted by atomic mass is 16.5. The fraction of sp³-hybridized carbons (Fsp3) is 0.448. The molecule has 6 rings (SSSR count). The van der Waals surface area contributed by atoms with E-state index in [9.17, 15) is 4.79 Å². The Hall–Kier alpha value is -3.10. The molecule has 1 heterocycles. The van der Waals surface area contributed by atoms with E-state index in [4.69, 9.17) is 15.5 Å². The molecule has 0 aromatic heterocycles. The lowest BCUT2D eigenvalue weighted by molar-refractivity contribution is -0.138. The molecule has 2 saturated carbocycles. The molecule has 2 spiro atoms. The zero-order valence-electron chi connectivity index (χ0n) is 19.7. The van der Waals surface area contributed by atoms with Gasteiger partial charge in [0.2, 0.25) is 0 Å². The Kier molecular flexibility index (Phi) is 5.04. The molecule has 3 aliphatic carbocycles. The maximum absolute atomic E-state index is 14.4. The fourth-order valence-corrected chi connectivity index (χ4v) is 6.27. The molecule has 2 aromatic rings. The number of carbonyl (C=O) groups is 1. The first kappa shape index (κ1) is 21.4. The SMILES string of the molecule is COC1CCC2(CC1)Cc1ccc(C#CC3CC3)cc1[C@@]21N=C(N)N(Cc2ccccc2)C1=O. The van der Waals surface area contributed by atoms with Gasteiger partial charge in [-0.25, -0.2) is 4.99 Å². The Labute approximate surface area is 201 Å². The Morgan fingerprint density at radius 2 is 1.88 bits per heavy atom. The predicted molar refractivity (Wildman–Crippen MR) is 132 cm³/mol. The predicted octanol–water partition coefficient (Wildman–Crippen LogP) is 4.13. The largest absolute Gasteiger partial charge is 0.381 e. The van der Waals surface area contributed by atoms with Crippen molar-refractivity contribution in [3.05, 3.63) is 70.8 Å². The molecule has 5 nitrogen and oxygen atoms in total. The maximum Gasteiger partial charge on any atom is 0.262 e. The van der Waals surface area contributed by atoms with Crippen LogP contribution in [0.15, 0.2) is 53.5 Å². The van der Waals surface area contributed by atoms with E-state index in [0.717, 1.165) is 48.8 Å². The molecule has 1 amide bonds. The van der Waals surface area contributed by atoms with Crippen LogP contribution < -0.4 is 5.73 Å². The Balaban J connectivity index is 1.44. The van der Waals surface area contributed by atoms with Gasteiger partial charge in [0.15, 0.2) is 11.5 Å². The van der Waals surface area contributed by atoms with Crippen molar-refractivity contribution in [2.75, 3.05) is 7.11 Å². The van der Waals surface area contributed by atoms with E-state index in [1.54, 1.807) is 12.0 Å². The molecule has 2 fully saturated rings. The average Bonchev–Trinajstić information content (AvgIpc) is 3.62. The summed E-state index contributed by atoms with van der Waals surface area (Å²) in [6.45, 7) is 0.435. The highest BCUT2D eigenvalue weighted by Crippen LogP contribution is 2.62. The van der Waals surface area contributed by atoms with Gasteiger partial charge >= 0.3 is 0 Å². The number of rotatable bonds is 3. The van der Waals surface area contributed by atoms with Crippen LogP contribution in [-0.2, 0) is 28.0 Å². The van der Waals surface area contributed by atoms with Crippen molar-refractivity contribution in [2.45, 2.75) is 63.1 Å². The Bertz CT molecular complexity index is 1210. The molecular formula is C29H31N3O2. The van der Waals surface area contributed by atoms with E-state index in [0.29, 0.717) is 18.4 Å². The molecule has 0 saturated heterocycles. The zero-order valence-corrected chi connectivity index (χ0v) is 19.7. The van der Waals surface area contributed by atoms with Gasteiger partial charge in [0, 0.05) is 24.0 Å². The number of methoxy groups -OCH3 is 1. The van der Waals surface area contributed by atoms with Crippen molar-refractivity contribution in [2.24, 2.45) is 22.1 Å². The summed E-state index contributed by atoms with van der Waals surface area (Å²) >= 11 is 0. The first-order chi connectivity index (χ1) is 16.5. The molecule has 1 atom stereocenters. The van der Waals surface area contributed by atoms with Crippen molar-refractivity contribution in [3.63, 3.8) is 0 Å². The minimum Gasteiger partial charge on any atom is -0.381 e. The fourth-order valence-electron chi connectivity index (χ4n) is 6.27. The standard InChI is InChI=1S/C29H31N3O2/c1-34-24-13-15-28(16-14-24)18-23-12-11-21(10-9-20-7-8-20)17-25(23)29(28)26(33)32(27(30)31-29)19-22-5-3-2-4-6-22/h2-6,11-12,17,20,24H,7-8,13-16,18-19H2,1H3,(H2,30,31)/t24?,28?,29-/m0/s1. The topological polar surface area (TPSA) is 67.9 Å². The van der Waals surface area contributed by atoms with E-state index < -0.39 is 5.54 Å². The van der Waals surface area contributed by atoms with Crippen LogP contribution in [0.5, 0.6) is 0 Å². The number of fused-ring (bicyclic) bond motifs is 3. The summed E-state index contributed by atoms with van der Waals surface area (Å²) in [4.78, 5) is 21.2. The van der Waals surface area contributed by atoms with Crippen LogP contribution in [0.3, 0.4) is 0 Å². The number of amides is 1. The van der Waals surface area contributed by atoms with E-state index in [2.05, 4.69) is 30.0 Å². The molecule has 0 bridgehead atoms. The molecular weight excluding hydrogens is 422 g/mol. The van der Waals surface area contributed by atoms with Crippen molar-refractivity contribution >= 4 is 11.9 Å². The lowest BCUT2D eigenvalue weighted by Gasteiger charge is -2.45. The quantitative estimate of drug-likeness (QED) is 0.711. The molecule has 174 valence electrons. The molecule has 2 aromatic carbocycles. The van der Waals surface area contributed by atoms with Crippen LogP contribution in [0.25, 0.3) is 0 Å². The summed E-state index contributed by atoms with van der Waals surface area (Å²) in [5, 5.41) is 0. The normalized spacial score (nSPS) is 29.8. The molecule has 0 unspecified atom stereocenters. The van der Waals surface area contributed by atoms with Crippen LogP contribution in [0.2, 0.25) is 0 Å². The first-order valence-corrected chi connectivity index (χ1v) is 12.4. The second kappa shape index (κ2) is 7.99. The number of guanidine groups is 1. The highest BCUT2D eigenvalue weighted by Gasteiger charge is 2.66. The summed E-state index contributed by atoms with van der Waals surface area (Å²) in [7, 11) is 1.78. The van der Waals surface area contributed by atoms with Gasteiger partial charge in [-0.1, -0.05) is 48.2 Å². The number of hydrogen-bond donors (Lipinski definition) is 1. The second-order valence-electron chi connectivity index (χ2n) is 10.4. The smallest absolute Gasteiger partial charge is 0.262 e. The first-order valence-electron chi connectivity index (χ1n) is 12.4. The van der Waals surface area contributed by atoms with E-state index in [-0.39, 0.29) is 17.4 Å². The van der Waals surface area contributed by atoms with Crippen LogP contribution in [0, 0.1) is 23.2 Å². The average molecular weight is 454 g/mol. The number of hydrogen-bond acceptors (Lipinski definition) is 4. The lowest BCUT2D eigenvalue weighted by atomic mass is 9.61. The van der Waals surface area contributed by atoms with Gasteiger partial charge in [-0.05, 0) is 73.8 Å². The minimum absolute atomic E-state index is 0.00997. The van der Waals surface area contributed by atoms with E-state index in [1.165, 1.54) is 18.4 Å². The molecule has 5 heteroatoms. The summed E-state index contributed by atoms with van der Waals surface area (Å²) in [5.41, 5.74) is 9.50. The monoisotopic (exact) mass is 453 g/mol. The van der Waals surface area contributed by atoms with E-state index >= 15 is 0 Å². The van der Waals surface area contributed by atoms with Crippen molar-refractivity contribution < 1.29 is 9.53 Å². The highest BCUT2D eigenvalue weighted by molar-refractivity contribution is 6.08. The second-order valence-corrected chi connectivity index (χ2v) is 10.4. The van der Waals surface area contributed by atoms with Gasteiger partial charge in [0.05, 0.1) is 12.6 Å². The third-order valence-electron chi connectivity index (χ3n) is 8.31. The van der Waals surface area contributed by atoms with E-state index in [1.807, 2.05) is 30.3 Å². The van der Waals surface area contributed by atoms with Gasteiger partial charge in [0.1, 0.15) is 0 Å². The summed E-state index contributed by atoms with van der Waals surface area (Å²) < 4.78 is 5.68. The number of nitrogens with zero attached hydrogens (tertiary/aromatic N) is 2. The van der Waals surface area contributed by atoms with Gasteiger partial charge in [-0.3, -0.25) is 9.69 Å². The Morgan fingerprint density at radius 3 is 2.59 bits per heavy atom. The summed E-state index contributed by atoms with van der Waals surface area (Å²) in [6.07, 6.45) is 7.12. The van der Waals surface area contributed by atoms with Crippen molar-refractivity contribution in [1.29, 1.82) is 0 Å². The van der Waals surface area contributed by atoms with Crippen LogP contribution >= 0.6 is 0 Å². The van der Waals surface area contributed by atoms with Crippen molar-refractivity contribution in [3.8, 4) is 11.8 Å². The van der Waals surface area contributed by atoms with Crippen molar-refractivity contribution in [1.82, 2.24) is 4.90 Å². The van der Waals surface area contributed by atoms with Gasteiger partial charge in [-0.15, -0.1) is 0 Å². The molecule has 2 N–H and O–H groups in total. The summed E-state index contributed by atoms with van der Waals surface area (Å²) in [5.74, 6) is 7.58. The van der Waals surface area contributed by atoms with Gasteiger partial charge in [0.25, 0.3) is 5.91 Å². The number of benzene rings is 2. The number of aliphatic imine (C=N–C) groups is 1. The number of ether oxygens (including phenoxy) is 1. The number of nitrogens with two attached hydrogens (primary N) is 1. The third-order valence-corrected chi connectivity index (χ3v) is 8.31. The molecule has 34 heavy (non-hydrogen) atoms. The number of carbonyl (C=O) groups excluding carboxylic acids is 1.